The molecule has 0 aliphatic heterocycles. The van der Waals surface area contributed by atoms with E-state index >= 15 is 0 Å². The first-order chi connectivity index (χ1) is 23.8. The molecule has 1 aliphatic rings. The van der Waals surface area contributed by atoms with E-state index < -0.39 is 5.41 Å². The molecule has 48 heavy (non-hydrogen) atoms. The van der Waals surface area contributed by atoms with Crippen LogP contribution in [0.4, 0.5) is 0 Å². The van der Waals surface area contributed by atoms with Crippen LogP contribution in [0.2, 0.25) is 0 Å². The zero-order valence-corrected chi connectivity index (χ0v) is 26.1. The molecule has 0 bridgehead atoms. The first kappa shape index (κ1) is 26.9. The average molecular weight is 612 g/mol. The van der Waals surface area contributed by atoms with Crippen molar-refractivity contribution in [2.45, 2.75) is 5.41 Å². The molecule has 3 heteroatoms. The zero-order chi connectivity index (χ0) is 31.7. The molecular weight excluding hydrogens is 583 g/mol. The number of aromatic nitrogens is 3. The lowest BCUT2D eigenvalue weighted by atomic mass is 9.67. The van der Waals surface area contributed by atoms with Gasteiger partial charge in [0.2, 0.25) is 0 Å². The Morgan fingerprint density at radius 1 is 0.417 bits per heavy atom. The second-order valence-corrected chi connectivity index (χ2v) is 12.5. The third-order valence-corrected chi connectivity index (χ3v) is 10.1. The lowest BCUT2D eigenvalue weighted by molar-refractivity contribution is 0.770. The van der Waals surface area contributed by atoms with Crippen LogP contribution < -0.4 is 0 Å². The minimum atomic E-state index is -0.468. The summed E-state index contributed by atoms with van der Waals surface area (Å²) in [5.41, 5.74) is 13.1. The fourth-order valence-electron chi connectivity index (χ4n) is 8.08. The van der Waals surface area contributed by atoms with Crippen molar-refractivity contribution in [3.8, 4) is 28.2 Å². The first-order valence-corrected chi connectivity index (χ1v) is 16.4. The highest BCUT2D eigenvalue weighted by molar-refractivity contribution is 6.10. The number of fused-ring (bicyclic) bond motifs is 7. The number of para-hydroxylation sites is 3. The van der Waals surface area contributed by atoms with Crippen molar-refractivity contribution < 1.29 is 0 Å². The summed E-state index contributed by atoms with van der Waals surface area (Å²) in [7, 11) is 0. The van der Waals surface area contributed by atoms with Crippen LogP contribution in [-0.2, 0) is 5.41 Å². The molecule has 0 saturated carbocycles. The highest BCUT2D eigenvalue weighted by atomic mass is 15.1. The summed E-state index contributed by atoms with van der Waals surface area (Å²) in [6, 6.07) is 63.1. The Hall–Kier alpha value is -6.32. The fraction of sp³-hybridized carbons (Fsp3) is 0.0222. The van der Waals surface area contributed by atoms with E-state index in [1.165, 1.54) is 44.2 Å². The lowest BCUT2D eigenvalue weighted by Crippen LogP contribution is -2.28. The number of hydrogen-bond acceptors (Lipinski definition) is 2. The Bertz CT molecular complexity index is 2630. The molecule has 224 valence electrons. The summed E-state index contributed by atoms with van der Waals surface area (Å²) in [5.74, 6) is 0.827. The molecule has 2 heterocycles. The van der Waals surface area contributed by atoms with Crippen LogP contribution in [0.3, 0.4) is 0 Å². The third kappa shape index (κ3) is 3.70. The monoisotopic (exact) mass is 611 g/mol. The summed E-state index contributed by atoms with van der Waals surface area (Å²) in [4.78, 5) is 10.5. The van der Waals surface area contributed by atoms with E-state index in [9.17, 15) is 0 Å². The third-order valence-electron chi connectivity index (χ3n) is 10.1. The maximum Gasteiger partial charge on any atom is 0.165 e. The molecule has 10 rings (SSSR count). The van der Waals surface area contributed by atoms with Crippen LogP contribution >= 0.6 is 0 Å². The van der Waals surface area contributed by atoms with Gasteiger partial charge in [-0.1, -0.05) is 146 Å². The molecule has 7 aromatic carbocycles. The van der Waals surface area contributed by atoms with Gasteiger partial charge < -0.3 is 0 Å². The van der Waals surface area contributed by atoms with E-state index in [-0.39, 0.29) is 0 Å². The molecule has 0 amide bonds. The summed E-state index contributed by atoms with van der Waals surface area (Å²) in [6.07, 6.45) is 0. The second-order valence-electron chi connectivity index (χ2n) is 12.5. The van der Waals surface area contributed by atoms with Crippen molar-refractivity contribution in [2.24, 2.45) is 0 Å². The van der Waals surface area contributed by atoms with Crippen LogP contribution in [0.5, 0.6) is 0 Å². The van der Waals surface area contributed by atoms with Gasteiger partial charge in [-0.25, -0.2) is 9.97 Å². The van der Waals surface area contributed by atoms with Crippen LogP contribution in [0.25, 0.3) is 61.0 Å². The zero-order valence-electron chi connectivity index (χ0n) is 26.1. The topological polar surface area (TPSA) is 30.7 Å². The van der Waals surface area contributed by atoms with E-state index in [0.29, 0.717) is 0 Å². The van der Waals surface area contributed by atoms with Gasteiger partial charge in [0.05, 0.1) is 27.5 Å². The normalized spacial score (nSPS) is 13.2. The van der Waals surface area contributed by atoms with Gasteiger partial charge in [-0.05, 0) is 63.7 Å². The summed E-state index contributed by atoms with van der Waals surface area (Å²) >= 11 is 0. The molecule has 1 aliphatic carbocycles. The van der Waals surface area contributed by atoms with E-state index in [1.54, 1.807) is 0 Å². The van der Waals surface area contributed by atoms with Crippen molar-refractivity contribution >= 4 is 32.8 Å². The van der Waals surface area contributed by atoms with Gasteiger partial charge >= 0.3 is 0 Å². The summed E-state index contributed by atoms with van der Waals surface area (Å²) in [6.45, 7) is 0. The Morgan fingerprint density at radius 2 is 0.979 bits per heavy atom. The molecule has 0 spiro atoms. The van der Waals surface area contributed by atoms with Gasteiger partial charge in [0.15, 0.2) is 5.82 Å². The van der Waals surface area contributed by atoms with E-state index in [2.05, 4.69) is 150 Å². The van der Waals surface area contributed by atoms with Gasteiger partial charge in [0.25, 0.3) is 0 Å². The van der Waals surface area contributed by atoms with Crippen molar-refractivity contribution in [1.82, 2.24) is 14.5 Å². The van der Waals surface area contributed by atoms with Crippen LogP contribution in [0, 0.1) is 0 Å². The Balaban J connectivity index is 1.31. The second kappa shape index (κ2) is 10.3. The average Bonchev–Trinajstić information content (AvgIpc) is 3.65. The van der Waals surface area contributed by atoms with Crippen molar-refractivity contribution in [3.05, 3.63) is 198 Å². The molecule has 0 radical (unpaired) electrons. The van der Waals surface area contributed by atoms with Crippen molar-refractivity contribution in [2.75, 3.05) is 0 Å². The Kier molecular flexibility index (Phi) is 5.79. The summed E-state index contributed by atoms with van der Waals surface area (Å²) in [5, 5.41) is 2.38. The number of nitrogens with zero attached hydrogens (tertiary/aromatic N) is 3. The number of benzene rings is 7. The molecule has 3 nitrogen and oxygen atoms in total. The molecule has 2 aromatic heterocycles. The minimum Gasteiger partial charge on any atom is -0.292 e. The SMILES string of the molecule is c1ccc(-c2nc3ccccc3nc2-n2c3ccccc3c3cc(C4(c5ccccc5)c5ccccc5-c5ccccc54)ccc32)cc1. The maximum atomic E-state index is 5.32. The smallest absolute Gasteiger partial charge is 0.165 e. The quantitative estimate of drug-likeness (QED) is 0.198. The Morgan fingerprint density at radius 3 is 1.71 bits per heavy atom. The van der Waals surface area contributed by atoms with Crippen molar-refractivity contribution in [3.63, 3.8) is 0 Å². The molecule has 9 aromatic rings. The standard InChI is InChI=1S/C45H29N3/c1-3-15-30(16-4-1)43-44(47-40-25-13-12-24-39(40)46-43)48-41-26-14-9-21-35(41)36-29-32(27-28-42(36)48)45(31-17-5-2-6-18-31)37-22-10-7-19-33(37)34-20-8-11-23-38(34)45/h1-29H. The van der Waals surface area contributed by atoms with Gasteiger partial charge in [-0.15, -0.1) is 0 Å². The van der Waals surface area contributed by atoms with Gasteiger partial charge in [-0.2, -0.15) is 0 Å². The lowest BCUT2D eigenvalue weighted by Gasteiger charge is -2.34. The molecule has 0 atom stereocenters. The van der Waals surface area contributed by atoms with Crippen molar-refractivity contribution in [1.29, 1.82) is 0 Å². The number of rotatable bonds is 4. The number of hydrogen-bond donors (Lipinski definition) is 0. The first-order valence-electron chi connectivity index (χ1n) is 16.4. The fourth-order valence-corrected chi connectivity index (χ4v) is 8.08. The molecule has 0 fully saturated rings. The van der Waals surface area contributed by atoms with Crippen LogP contribution in [0.1, 0.15) is 22.3 Å². The maximum absolute atomic E-state index is 5.32. The summed E-state index contributed by atoms with van der Waals surface area (Å²) < 4.78 is 2.31. The largest absolute Gasteiger partial charge is 0.292 e. The Labute approximate surface area is 278 Å². The minimum absolute atomic E-state index is 0.468. The molecule has 0 N–H and O–H groups in total. The molecule has 0 saturated heterocycles. The highest BCUT2D eigenvalue weighted by Gasteiger charge is 2.46. The van der Waals surface area contributed by atoms with Crippen LogP contribution in [-0.4, -0.2) is 14.5 Å². The highest BCUT2D eigenvalue weighted by Crippen LogP contribution is 2.56. The van der Waals surface area contributed by atoms with Gasteiger partial charge in [-0.3, -0.25) is 4.57 Å². The van der Waals surface area contributed by atoms with E-state index in [1.807, 2.05) is 30.3 Å². The van der Waals surface area contributed by atoms with E-state index in [0.717, 1.165) is 39.1 Å². The van der Waals surface area contributed by atoms with Gasteiger partial charge in [0, 0.05) is 16.3 Å². The van der Waals surface area contributed by atoms with E-state index in [4.69, 9.17) is 9.97 Å². The molecular formula is C45H29N3. The molecule has 0 unspecified atom stereocenters. The van der Waals surface area contributed by atoms with Crippen LogP contribution in [0.15, 0.2) is 176 Å². The van der Waals surface area contributed by atoms with Gasteiger partial charge in [0.1, 0.15) is 5.69 Å². The predicted octanol–water partition coefficient (Wildman–Crippen LogP) is 10.8. The predicted molar refractivity (Wildman–Crippen MR) is 197 cm³/mol.